The Balaban J connectivity index is 2.74. The number of aromatic nitrogens is 1. The molecule has 0 spiro atoms. The summed E-state index contributed by atoms with van der Waals surface area (Å²) < 4.78 is 0. The molecule has 2 heteroatoms. The van der Waals surface area contributed by atoms with Gasteiger partial charge in [-0.1, -0.05) is 27.7 Å². The van der Waals surface area contributed by atoms with Crippen LogP contribution < -0.4 is 0 Å². The molecular weight excluding hydrogens is 178 g/mol. The van der Waals surface area contributed by atoms with Crippen molar-refractivity contribution in [1.82, 2.24) is 4.98 Å². The third-order valence-electron chi connectivity index (χ3n) is 2.69. The molecule has 0 aliphatic heterocycles. The largest absolute Gasteiger partial charge is 0.246 e. The Morgan fingerprint density at radius 1 is 1.23 bits per heavy atom. The zero-order valence-electron chi connectivity index (χ0n) is 9.00. The van der Waals surface area contributed by atoms with Gasteiger partial charge in [0, 0.05) is 11.3 Å². The fourth-order valence-electron chi connectivity index (χ4n) is 1.14. The summed E-state index contributed by atoms with van der Waals surface area (Å²) >= 11 is 1.81. The third kappa shape index (κ3) is 2.53. The normalized spacial score (nSPS) is 15.7. The molecule has 13 heavy (non-hydrogen) atoms. The van der Waals surface area contributed by atoms with Crippen LogP contribution in [0.25, 0.3) is 0 Å². The van der Waals surface area contributed by atoms with Gasteiger partial charge in [0.25, 0.3) is 0 Å². The lowest BCUT2D eigenvalue weighted by molar-refractivity contribution is 0.685. The second-order valence-corrected chi connectivity index (χ2v) is 4.62. The van der Waals surface area contributed by atoms with Crippen LogP contribution >= 0.6 is 11.3 Å². The van der Waals surface area contributed by atoms with E-state index in [1.807, 2.05) is 11.3 Å². The van der Waals surface area contributed by atoms with E-state index in [9.17, 15) is 0 Å². The maximum Gasteiger partial charge on any atom is 0.0956 e. The molecule has 2 atom stereocenters. The first-order chi connectivity index (χ1) is 6.19. The van der Waals surface area contributed by atoms with Crippen molar-refractivity contribution in [3.8, 4) is 0 Å². The van der Waals surface area contributed by atoms with Gasteiger partial charge in [-0.3, -0.25) is 0 Å². The minimum Gasteiger partial charge on any atom is -0.246 e. The Morgan fingerprint density at radius 2 is 1.85 bits per heavy atom. The van der Waals surface area contributed by atoms with E-state index in [1.54, 1.807) is 0 Å². The molecule has 1 heterocycles. The van der Waals surface area contributed by atoms with Gasteiger partial charge < -0.3 is 0 Å². The van der Waals surface area contributed by atoms with Crippen LogP contribution in [0.3, 0.4) is 0 Å². The second kappa shape index (κ2) is 4.75. The van der Waals surface area contributed by atoms with E-state index >= 15 is 0 Å². The molecule has 0 aromatic carbocycles. The van der Waals surface area contributed by atoms with Gasteiger partial charge in [0.15, 0.2) is 0 Å². The van der Waals surface area contributed by atoms with Crippen molar-refractivity contribution in [2.24, 2.45) is 0 Å². The maximum absolute atomic E-state index is 4.67. The van der Waals surface area contributed by atoms with E-state index in [2.05, 4.69) is 38.1 Å². The molecule has 0 N–H and O–H groups in total. The van der Waals surface area contributed by atoms with Crippen LogP contribution in [-0.2, 0) is 0 Å². The molecule has 0 fully saturated rings. The Kier molecular flexibility index (Phi) is 3.91. The van der Waals surface area contributed by atoms with Crippen molar-refractivity contribution in [1.29, 1.82) is 0 Å². The Bertz CT molecular complexity index is 230. The molecule has 1 aromatic rings. The Hall–Kier alpha value is -0.370. The van der Waals surface area contributed by atoms with Crippen molar-refractivity contribution in [3.05, 3.63) is 16.1 Å². The van der Waals surface area contributed by atoms with E-state index < -0.39 is 0 Å². The molecule has 0 aliphatic carbocycles. The van der Waals surface area contributed by atoms with Crippen molar-refractivity contribution in [2.75, 3.05) is 0 Å². The smallest absolute Gasteiger partial charge is 0.0956 e. The quantitative estimate of drug-likeness (QED) is 0.706. The standard InChI is InChI=1S/C11H19NS/c1-5-8(3)10-7-13-11(12-10)9(4)6-2/h7-9H,5-6H2,1-4H3. The highest BCUT2D eigenvalue weighted by Crippen LogP contribution is 2.26. The number of hydrogen-bond donors (Lipinski definition) is 0. The Labute approximate surface area is 85.2 Å². The lowest BCUT2D eigenvalue weighted by Gasteiger charge is -2.04. The minimum absolute atomic E-state index is 0.619. The molecule has 0 aliphatic rings. The molecular formula is C11H19NS. The SMILES string of the molecule is CCC(C)c1csc(C(C)CC)n1. The summed E-state index contributed by atoms with van der Waals surface area (Å²) in [6.45, 7) is 8.93. The molecule has 2 unspecified atom stereocenters. The second-order valence-electron chi connectivity index (χ2n) is 3.73. The van der Waals surface area contributed by atoms with E-state index in [1.165, 1.54) is 23.5 Å². The summed E-state index contributed by atoms with van der Waals surface area (Å²) in [7, 11) is 0. The first kappa shape index (κ1) is 10.7. The zero-order valence-corrected chi connectivity index (χ0v) is 9.82. The summed E-state index contributed by atoms with van der Waals surface area (Å²) in [6, 6.07) is 0. The van der Waals surface area contributed by atoms with Crippen molar-refractivity contribution < 1.29 is 0 Å². The fraction of sp³-hybridized carbons (Fsp3) is 0.727. The van der Waals surface area contributed by atoms with Crippen LogP contribution in [-0.4, -0.2) is 4.98 Å². The predicted octanol–water partition coefficient (Wildman–Crippen LogP) is 4.17. The molecule has 0 amide bonds. The van der Waals surface area contributed by atoms with E-state index in [4.69, 9.17) is 0 Å². The summed E-state index contributed by atoms with van der Waals surface area (Å²) in [5.41, 5.74) is 1.28. The zero-order chi connectivity index (χ0) is 9.84. The number of nitrogens with zero attached hydrogens (tertiary/aromatic N) is 1. The lowest BCUT2D eigenvalue weighted by atomic mass is 10.1. The molecule has 1 rings (SSSR count). The van der Waals surface area contributed by atoms with Gasteiger partial charge in [0.2, 0.25) is 0 Å². The van der Waals surface area contributed by atoms with Gasteiger partial charge in [-0.15, -0.1) is 11.3 Å². The Morgan fingerprint density at radius 3 is 2.38 bits per heavy atom. The van der Waals surface area contributed by atoms with Gasteiger partial charge in [-0.25, -0.2) is 4.98 Å². The van der Waals surface area contributed by atoms with Crippen molar-refractivity contribution >= 4 is 11.3 Å². The molecule has 1 nitrogen and oxygen atoms in total. The highest BCUT2D eigenvalue weighted by molar-refractivity contribution is 7.09. The van der Waals surface area contributed by atoms with Gasteiger partial charge in [0.1, 0.15) is 0 Å². The monoisotopic (exact) mass is 197 g/mol. The van der Waals surface area contributed by atoms with Crippen LogP contribution in [0.2, 0.25) is 0 Å². The molecule has 74 valence electrons. The first-order valence-corrected chi connectivity index (χ1v) is 6.02. The van der Waals surface area contributed by atoms with Gasteiger partial charge in [0.05, 0.1) is 10.7 Å². The van der Waals surface area contributed by atoms with Crippen LogP contribution in [0.15, 0.2) is 5.38 Å². The average molecular weight is 197 g/mol. The molecule has 0 saturated carbocycles. The molecule has 0 saturated heterocycles. The number of thiazole rings is 1. The van der Waals surface area contributed by atoms with Gasteiger partial charge >= 0.3 is 0 Å². The lowest BCUT2D eigenvalue weighted by Crippen LogP contribution is -1.94. The van der Waals surface area contributed by atoms with Crippen LogP contribution in [0.4, 0.5) is 0 Å². The fourth-order valence-corrected chi connectivity index (χ4v) is 2.22. The van der Waals surface area contributed by atoms with Crippen LogP contribution in [0, 0.1) is 0 Å². The molecule has 0 bridgehead atoms. The summed E-state index contributed by atoms with van der Waals surface area (Å²) in [6.07, 6.45) is 2.37. The minimum atomic E-state index is 0.619. The van der Waals surface area contributed by atoms with Crippen LogP contribution in [0.5, 0.6) is 0 Å². The third-order valence-corrected chi connectivity index (χ3v) is 3.79. The summed E-state index contributed by atoms with van der Waals surface area (Å²) in [5, 5.41) is 3.52. The molecule has 0 radical (unpaired) electrons. The number of hydrogen-bond acceptors (Lipinski definition) is 2. The van der Waals surface area contributed by atoms with E-state index in [0.29, 0.717) is 11.8 Å². The van der Waals surface area contributed by atoms with E-state index in [0.717, 1.165) is 0 Å². The maximum atomic E-state index is 4.67. The number of rotatable bonds is 4. The molecule has 1 aromatic heterocycles. The average Bonchev–Trinajstić information content (AvgIpc) is 2.64. The van der Waals surface area contributed by atoms with E-state index in [-0.39, 0.29) is 0 Å². The van der Waals surface area contributed by atoms with Crippen molar-refractivity contribution in [2.45, 2.75) is 52.4 Å². The summed E-state index contributed by atoms with van der Waals surface area (Å²) in [4.78, 5) is 4.67. The van der Waals surface area contributed by atoms with Gasteiger partial charge in [-0.2, -0.15) is 0 Å². The van der Waals surface area contributed by atoms with Crippen LogP contribution in [0.1, 0.15) is 63.1 Å². The predicted molar refractivity (Wildman–Crippen MR) is 59.5 cm³/mol. The summed E-state index contributed by atoms with van der Waals surface area (Å²) in [5.74, 6) is 1.25. The highest BCUT2D eigenvalue weighted by Gasteiger charge is 2.11. The first-order valence-electron chi connectivity index (χ1n) is 5.14. The van der Waals surface area contributed by atoms with Crippen molar-refractivity contribution in [3.63, 3.8) is 0 Å². The van der Waals surface area contributed by atoms with Gasteiger partial charge in [-0.05, 0) is 18.8 Å². The highest BCUT2D eigenvalue weighted by atomic mass is 32.1. The topological polar surface area (TPSA) is 12.9 Å².